The molecule has 1 heterocycles. The van der Waals surface area contributed by atoms with Crippen LogP contribution in [-0.4, -0.2) is 17.2 Å². The topological polar surface area (TPSA) is 53.6 Å². The second kappa shape index (κ2) is 3.70. The highest BCUT2D eigenvalue weighted by Crippen LogP contribution is 2.19. The lowest BCUT2D eigenvalue weighted by molar-refractivity contribution is 0.424. The van der Waals surface area contributed by atoms with Gasteiger partial charge in [-0.1, -0.05) is 24.2 Å². The molecule has 0 bridgehead atoms. The number of fused-ring (bicyclic) bond motifs is 1. The summed E-state index contributed by atoms with van der Waals surface area (Å²) in [5.74, 6) is 1.86. The lowest BCUT2D eigenvalue weighted by Gasteiger charge is -1.85. The maximum absolute atomic E-state index is 8.62. The lowest BCUT2D eigenvalue weighted by atomic mass is 9.91. The fourth-order valence-corrected chi connectivity index (χ4v) is 1.27. The molecule has 70 valence electrons. The van der Waals surface area contributed by atoms with Gasteiger partial charge in [0.05, 0.1) is 0 Å². The van der Waals surface area contributed by atoms with Gasteiger partial charge < -0.3 is 14.5 Å². The minimum atomic E-state index is -1.44. The van der Waals surface area contributed by atoms with Crippen molar-refractivity contribution in [1.82, 2.24) is 0 Å². The average Bonchev–Trinajstić information content (AvgIpc) is 2.57. The standard InChI is InChI=1S/C10H9BO3/c12-11(13)6-5-9-7-8-3-1-2-4-10(8)14-9/h1-7,12-13H/b6-5+. The average molecular weight is 188 g/mol. The molecule has 1 aromatic carbocycles. The molecule has 0 saturated heterocycles. The summed E-state index contributed by atoms with van der Waals surface area (Å²) < 4.78 is 5.41. The van der Waals surface area contributed by atoms with Crippen molar-refractivity contribution in [2.75, 3.05) is 0 Å². The fourth-order valence-electron chi connectivity index (χ4n) is 1.27. The zero-order valence-corrected chi connectivity index (χ0v) is 7.42. The normalized spacial score (nSPS) is 11.3. The molecule has 2 N–H and O–H groups in total. The maximum atomic E-state index is 8.62. The first-order valence-corrected chi connectivity index (χ1v) is 4.28. The summed E-state index contributed by atoms with van der Waals surface area (Å²) in [4.78, 5) is 0. The van der Waals surface area contributed by atoms with E-state index in [2.05, 4.69) is 0 Å². The summed E-state index contributed by atoms with van der Waals surface area (Å²) in [6, 6.07) is 9.45. The highest BCUT2D eigenvalue weighted by Gasteiger charge is 2.02. The van der Waals surface area contributed by atoms with Crippen molar-refractivity contribution >= 4 is 24.2 Å². The Morgan fingerprint density at radius 1 is 1.21 bits per heavy atom. The Bertz CT molecular complexity index is 426. The van der Waals surface area contributed by atoms with Crippen molar-refractivity contribution in [2.24, 2.45) is 0 Å². The van der Waals surface area contributed by atoms with E-state index in [0.29, 0.717) is 5.76 Å². The van der Waals surface area contributed by atoms with Crippen LogP contribution in [0, 0.1) is 0 Å². The smallest absolute Gasteiger partial charge is 0.457 e. The van der Waals surface area contributed by atoms with Crippen molar-refractivity contribution in [2.45, 2.75) is 0 Å². The number of rotatable bonds is 2. The molecule has 2 aromatic rings. The Morgan fingerprint density at radius 3 is 2.71 bits per heavy atom. The third kappa shape index (κ3) is 1.87. The van der Waals surface area contributed by atoms with Crippen LogP contribution in [-0.2, 0) is 0 Å². The molecule has 3 nitrogen and oxygen atoms in total. The fraction of sp³-hybridized carbons (Fsp3) is 0. The van der Waals surface area contributed by atoms with Gasteiger partial charge in [-0.3, -0.25) is 0 Å². The van der Waals surface area contributed by atoms with E-state index in [1.54, 1.807) is 0 Å². The Hall–Kier alpha value is -1.52. The molecule has 14 heavy (non-hydrogen) atoms. The van der Waals surface area contributed by atoms with Gasteiger partial charge in [0.2, 0.25) is 0 Å². The van der Waals surface area contributed by atoms with E-state index in [9.17, 15) is 0 Å². The monoisotopic (exact) mass is 188 g/mol. The molecule has 0 aliphatic heterocycles. The Morgan fingerprint density at radius 2 is 2.00 bits per heavy atom. The van der Waals surface area contributed by atoms with E-state index in [4.69, 9.17) is 14.5 Å². The molecule has 1 aromatic heterocycles. The van der Waals surface area contributed by atoms with Crippen molar-refractivity contribution < 1.29 is 14.5 Å². The molecule has 0 atom stereocenters. The molecule has 0 radical (unpaired) electrons. The third-order valence-corrected chi connectivity index (χ3v) is 1.88. The summed E-state index contributed by atoms with van der Waals surface area (Å²) in [5.41, 5.74) is 0.791. The van der Waals surface area contributed by atoms with E-state index in [-0.39, 0.29) is 0 Å². The molecule has 2 rings (SSSR count). The maximum Gasteiger partial charge on any atom is 0.480 e. The van der Waals surface area contributed by atoms with Gasteiger partial charge in [-0.25, -0.2) is 0 Å². The van der Waals surface area contributed by atoms with Crippen molar-refractivity contribution in [3.05, 3.63) is 42.1 Å². The molecule has 4 heteroatoms. The number of hydrogen-bond acceptors (Lipinski definition) is 3. The molecule has 0 amide bonds. The molecule has 0 saturated carbocycles. The van der Waals surface area contributed by atoms with Crippen molar-refractivity contribution in [3.63, 3.8) is 0 Å². The van der Waals surface area contributed by atoms with Crippen LogP contribution >= 0.6 is 0 Å². The van der Waals surface area contributed by atoms with E-state index in [0.717, 1.165) is 11.0 Å². The summed E-state index contributed by atoms with van der Waals surface area (Å²) in [7, 11) is -1.44. The van der Waals surface area contributed by atoms with Crippen LogP contribution in [0.3, 0.4) is 0 Å². The van der Waals surface area contributed by atoms with Crippen LogP contribution in [0.4, 0.5) is 0 Å². The molecule has 0 aliphatic carbocycles. The highest BCUT2D eigenvalue weighted by atomic mass is 16.4. The highest BCUT2D eigenvalue weighted by molar-refractivity contribution is 6.48. The lowest BCUT2D eigenvalue weighted by Crippen LogP contribution is -2.05. The number of hydrogen-bond donors (Lipinski definition) is 2. The Labute approximate surface area is 81.4 Å². The summed E-state index contributed by atoms with van der Waals surface area (Å²) in [6.45, 7) is 0. The molecule has 0 spiro atoms. The van der Waals surface area contributed by atoms with Crippen LogP contribution in [0.2, 0.25) is 0 Å². The minimum Gasteiger partial charge on any atom is -0.457 e. The molecule has 0 aliphatic rings. The largest absolute Gasteiger partial charge is 0.480 e. The van der Waals surface area contributed by atoms with Crippen LogP contribution in [0.5, 0.6) is 0 Å². The summed E-state index contributed by atoms with van der Waals surface area (Å²) in [5, 5.41) is 18.2. The van der Waals surface area contributed by atoms with Gasteiger partial charge in [-0.2, -0.15) is 0 Å². The zero-order valence-electron chi connectivity index (χ0n) is 7.42. The van der Waals surface area contributed by atoms with Gasteiger partial charge in [-0.05, 0) is 18.2 Å². The first-order chi connectivity index (χ1) is 6.75. The SMILES string of the molecule is OB(O)/C=C/c1cc2ccccc2o1. The van der Waals surface area contributed by atoms with E-state index < -0.39 is 7.12 Å². The molecular formula is C10H9BO3. The van der Waals surface area contributed by atoms with E-state index in [1.807, 2.05) is 30.3 Å². The van der Waals surface area contributed by atoms with Gasteiger partial charge in [0.15, 0.2) is 0 Å². The van der Waals surface area contributed by atoms with Gasteiger partial charge in [0.25, 0.3) is 0 Å². The summed E-state index contributed by atoms with van der Waals surface area (Å²) in [6.07, 6.45) is 1.53. The first-order valence-electron chi connectivity index (χ1n) is 4.28. The van der Waals surface area contributed by atoms with E-state index in [1.165, 1.54) is 12.1 Å². The van der Waals surface area contributed by atoms with E-state index >= 15 is 0 Å². The second-order valence-electron chi connectivity index (χ2n) is 2.96. The Balaban J connectivity index is 2.36. The van der Waals surface area contributed by atoms with Crippen LogP contribution in [0.1, 0.15) is 5.76 Å². The number of furan rings is 1. The van der Waals surface area contributed by atoms with Gasteiger partial charge >= 0.3 is 7.12 Å². The van der Waals surface area contributed by atoms with Crippen molar-refractivity contribution in [1.29, 1.82) is 0 Å². The van der Waals surface area contributed by atoms with Crippen molar-refractivity contribution in [3.8, 4) is 0 Å². The molecule has 0 fully saturated rings. The van der Waals surface area contributed by atoms with Gasteiger partial charge in [0, 0.05) is 5.39 Å². The first kappa shape index (κ1) is 9.06. The Kier molecular flexibility index (Phi) is 2.39. The quantitative estimate of drug-likeness (QED) is 0.701. The number of para-hydroxylation sites is 1. The predicted octanol–water partition coefficient (Wildman–Crippen LogP) is 1.46. The molecule has 0 unspecified atom stereocenters. The van der Waals surface area contributed by atoms with Crippen LogP contribution in [0.25, 0.3) is 17.0 Å². The number of benzene rings is 1. The third-order valence-electron chi connectivity index (χ3n) is 1.88. The van der Waals surface area contributed by atoms with Crippen LogP contribution < -0.4 is 0 Å². The second-order valence-corrected chi connectivity index (χ2v) is 2.96. The van der Waals surface area contributed by atoms with Gasteiger partial charge in [-0.15, -0.1) is 0 Å². The summed E-state index contributed by atoms with van der Waals surface area (Å²) >= 11 is 0. The van der Waals surface area contributed by atoms with Gasteiger partial charge in [0.1, 0.15) is 11.3 Å². The minimum absolute atomic E-state index is 0.610. The van der Waals surface area contributed by atoms with Crippen LogP contribution in [0.15, 0.2) is 40.7 Å². The predicted molar refractivity (Wildman–Crippen MR) is 55.4 cm³/mol. The molecular weight excluding hydrogens is 179 g/mol. The zero-order chi connectivity index (χ0) is 9.97.